The molecule has 0 aromatic carbocycles. The molecule has 1 aliphatic rings. The zero-order chi connectivity index (χ0) is 14.0. The van der Waals surface area contributed by atoms with Crippen molar-refractivity contribution in [2.75, 3.05) is 5.32 Å². The summed E-state index contributed by atoms with van der Waals surface area (Å²) < 4.78 is 0. The number of aromatic nitrogens is 1. The van der Waals surface area contributed by atoms with Crippen LogP contribution < -0.4 is 5.32 Å². The van der Waals surface area contributed by atoms with Crippen LogP contribution in [0.25, 0.3) is 0 Å². The number of carbonyl (C=O) groups excluding carboxylic acids is 1. The van der Waals surface area contributed by atoms with Gasteiger partial charge in [0.25, 0.3) is 0 Å². The lowest BCUT2D eigenvalue weighted by atomic mass is 9.77. The van der Waals surface area contributed by atoms with Gasteiger partial charge in [0, 0.05) is 10.3 Å². The Balaban J connectivity index is 2.06. The molecule has 4 heteroatoms. The first-order valence-corrected chi connectivity index (χ1v) is 8.04. The third kappa shape index (κ3) is 2.99. The fraction of sp³-hybridized carbons (Fsp3) is 0.733. The molecule has 0 aliphatic heterocycles. The van der Waals surface area contributed by atoms with Crippen LogP contribution in [-0.4, -0.2) is 10.9 Å². The highest BCUT2D eigenvalue weighted by atomic mass is 32.1. The summed E-state index contributed by atoms with van der Waals surface area (Å²) in [6.07, 6.45) is 5.80. The number of rotatable bonds is 4. The summed E-state index contributed by atoms with van der Waals surface area (Å²) in [6.45, 7) is 8.30. The van der Waals surface area contributed by atoms with Crippen molar-refractivity contribution >= 4 is 22.4 Å². The maximum atomic E-state index is 12.5. The van der Waals surface area contributed by atoms with Gasteiger partial charge in [-0.25, -0.2) is 4.98 Å². The SMILES string of the molecule is CCc1nc(NC(=O)C(C)(C)C2CCCC2)sc1C. The maximum absolute atomic E-state index is 12.5. The summed E-state index contributed by atoms with van der Waals surface area (Å²) in [5, 5.41) is 3.78. The highest BCUT2D eigenvalue weighted by Crippen LogP contribution is 2.40. The molecule has 0 radical (unpaired) electrons. The molecule has 1 aromatic rings. The molecule has 0 unspecified atom stereocenters. The van der Waals surface area contributed by atoms with Crippen molar-refractivity contribution in [3.8, 4) is 0 Å². The lowest BCUT2D eigenvalue weighted by Gasteiger charge is -2.29. The van der Waals surface area contributed by atoms with Crippen LogP contribution >= 0.6 is 11.3 Å². The Hall–Kier alpha value is -0.900. The summed E-state index contributed by atoms with van der Waals surface area (Å²) >= 11 is 1.58. The number of hydrogen-bond acceptors (Lipinski definition) is 3. The first kappa shape index (κ1) is 14.5. The van der Waals surface area contributed by atoms with Gasteiger partial charge in [-0.15, -0.1) is 11.3 Å². The van der Waals surface area contributed by atoms with Crippen LogP contribution in [0.5, 0.6) is 0 Å². The van der Waals surface area contributed by atoms with Crippen molar-refractivity contribution in [1.82, 2.24) is 4.98 Å². The van der Waals surface area contributed by atoms with E-state index in [0.717, 1.165) is 17.2 Å². The Kier molecular flexibility index (Phi) is 4.29. The summed E-state index contributed by atoms with van der Waals surface area (Å²) in [6, 6.07) is 0. The van der Waals surface area contributed by atoms with Crippen LogP contribution in [-0.2, 0) is 11.2 Å². The van der Waals surface area contributed by atoms with E-state index in [4.69, 9.17) is 0 Å². The van der Waals surface area contributed by atoms with E-state index in [1.54, 1.807) is 11.3 Å². The predicted molar refractivity (Wildman–Crippen MR) is 80.6 cm³/mol. The maximum Gasteiger partial charge on any atom is 0.232 e. The van der Waals surface area contributed by atoms with Gasteiger partial charge < -0.3 is 5.32 Å². The summed E-state index contributed by atoms with van der Waals surface area (Å²) in [4.78, 5) is 18.2. The van der Waals surface area contributed by atoms with Crippen molar-refractivity contribution < 1.29 is 4.79 Å². The third-order valence-electron chi connectivity index (χ3n) is 4.41. The van der Waals surface area contributed by atoms with Gasteiger partial charge in [0.2, 0.25) is 5.91 Å². The highest BCUT2D eigenvalue weighted by molar-refractivity contribution is 7.15. The number of hydrogen-bond donors (Lipinski definition) is 1. The monoisotopic (exact) mass is 280 g/mol. The van der Waals surface area contributed by atoms with E-state index in [1.807, 2.05) is 0 Å². The minimum Gasteiger partial charge on any atom is -0.301 e. The number of carbonyl (C=O) groups is 1. The number of aryl methyl sites for hydroxylation is 2. The van der Waals surface area contributed by atoms with Crippen LogP contribution in [0.1, 0.15) is 57.0 Å². The Bertz CT molecular complexity index is 459. The van der Waals surface area contributed by atoms with Gasteiger partial charge in [0.1, 0.15) is 0 Å². The van der Waals surface area contributed by atoms with Crippen LogP contribution in [0.15, 0.2) is 0 Å². The van der Waals surface area contributed by atoms with Crippen molar-refractivity contribution in [1.29, 1.82) is 0 Å². The smallest absolute Gasteiger partial charge is 0.232 e. The van der Waals surface area contributed by atoms with E-state index < -0.39 is 0 Å². The van der Waals surface area contributed by atoms with Crippen molar-refractivity contribution in [3.05, 3.63) is 10.6 Å². The highest BCUT2D eigenvalue weighted by Gasteiger charge is 2.38. The minimum absolute atomic E-state index is 0.121. The minimum atomic E-state index is -0.289. The summed E-state index contributed by atoms with van der Waals surface area (Å²) in [5.41, 5.74) is 0.807. The number of nitrogens with one attached hydrogen (secondary N) is 1. The first-order chi connectivity index (χ1) is 8.95. The van der Waals surface area contributed by atoms with E-state index in [-0.39, 0.29) is 11.3 Å². The van der Waals surface area contributed by atoms with Gasteiger partial charge in [-0.1, -0.05) is 33.6 Å². The van der Waals surface area contributed by atoms with Crippen LogP contribution in [0.4, 0.5) is 5.13 Å². The van der Waals surface area contributed by atoms with Crippen LogP contribution in [0.2, 0.25) is 0 Å². The number of amides is 1. The number of thiazole rings is 1. The predicted octanol–water partition coefficient (Wildman–Crippen LogP) is 4.17. The van der Waals surface area contributed by atoms with E-state index in [1.165, 1.54) is 30.6 Å². The Labute approximate surface area is 119 Å². The van der Waals surface area contributed by atoms with Gasteiger partial charge in [0.15, 0.2) is 5.13 Å². The fourth-order valence-corrected chi connectivity index (χ4v) is 3.80. The Morgan fingerprint density at radius 2 is 2.05 bits per heavy atom. The second-order valence-corrected chi connectivity index (χ2v) is 7.24. The second-order valence-electron chi connectivity index (χ2n) is 6.03. The lowest BCUT2D eigenvalue weighted by Crippen LogP contribution is -2.36. The molecule has 3 nitrogen and oxygen atoms in total. The normalized spacial score (nSPS) is 16.8. The molecule has 1 saturated carbocycles. The number of anilines is 1. The molecule has 1 amide bonds. The molecule has 0 bridgehead atoms. The molecule has 2 rings (SSSR count). The van der Waals surface area contributed by atoms with Crippen molar-refractivity contribution in [3.63, 3.8) is 0 Å². The van der Waals surface area contributed by atoms with E-state index in [0.29, 0.717) is 5.92 Å². The molecule has 1 N–H and O–H groups in total. The molecule has 19 heavy (non-hydrogen) atoms. The van der Waals surface area contributed by atoms with E-state index in [2.05, 4.69) is 38.0 Å². The molecule has 0 saturated heterocycles. The molecule has 0 spiro atoms. The van der Waals surface area contributed by atoms with Gasteiger partial charge >= 0.3 is 0 Å². The van der Waals surface area contributed by atoms with Crippen LogP contribution in [0.3, 0.4) is 0 Å². The van der Waals surface area contributed by atoms with Crippen molar-refractivity contribution in [2.45, 2.75) is 59.8 Å². The fourth-order valence-electron chi connectivity index (χ4n) is 2.90. The van der Waals surface area contributed by atoms with Crippen molar-refractivity contribution in [2.24, 2.45) is 11.3 Å². The van der Waals surface area contributed by atoms with Gasteiger partial charge in [-0.3, -0.25) is 4.79 Å². The van der Waals surface area contributed by atoms with Gasteiger partial charge in [0.05, 0.1) is 5.69 Å². The molecule has 1 aliphatic carbocycles. The molecular formula is C15H24N2OS. The molecule has 1 heterocycles. The summed E-state index contributed by atoms with van der Waals surface area (Å²) in [7, 11) is 0. The quantitative estimate of drug-likeness (QED) is 0.899. The van der Waals surface area contributed by atoms with Crippen LogP contribution in [0, 0.1) is 18.3 Å². The van der Waals surface area contributed by atoms with E-state index >= 15 is 0 Å². The largest absolute Gasteiger partial charge is 0.301 e. The molecule has 0 atom stereocenters. The first-order valence-electron chi connectivity index (χ1n) is 7.23. The summed E-state index contributed by atoms with van der Waals surface area (Å²) in [5.74, 6) is 0.634. The standard InChI is InChI=1S/C15H24N2OS/c1-5-12-10(2)19-14(16-12)17-13(18)15(3,4)11-8-6-7-9-11/h11H,5-9H2,1-4H3,(H,16,17,18). The average Bonchev–Trinajstić information content (AvgIpc) is 2.98. The molecule has 1 aromatic heterocycles. The van der Waals surface area contributed by atoms with E-state index in [9.17, 15) is 4.79 Å². The zero-order valence-corrected chi connectivity index (χ0v) is 13.2. The molecule has 1 fully saturated rings. The second kappa shape index (κ2) is 5.61. The molecule has 106 valence electrons. The topological polar surface area (TPSA) is 42.0 Å². The molecular weight excluding hydrogens is 256 g/mol. The average molecular weight is 280 g/mol. The lowest BCUT2D eigenvalue weighted by molar-refractivity contribution is -0.126. The Morgan fingerprint density at radius 3 is 2.58 bits per heavy atom. The zero-order valence-electron chi connectivity index (χ0n) is 12.4. The van der Waals surface area contributed by atoms with Gasteiger partial charge in [-0.05, 0) is 32.1 Å². The Morgan fingerprint density at radius 1 is 1.42 bits per heavy atom. The number of nitrogens with zero attached hydrogens (tertiary/aromatic N) is 1. The van der Waals surface area contributed by atoms with Gasteiger partial charge in [-0.2, -0.15) is 0 Å². The third-order valence-corrected chi connectivity index (χ3v) is 5.34.